The maximum atomic E-state index is 13.6. The molecule has 0 unspecified atom stereocenters. The van der Waals surface area contributed by atoms with E-state index in [0.717, 1.165) is 5.56 Å². The molecule has 0 aliphatic rings. The van der Waals surface area contributed by atoms with Crippen LogP contribution >= 0.6 is 15.9 Å². The molecule has 0 aliphatic carbocycles. The molecular formula is C10H13BrFNO2. The number of halogens is 2. The molecule has 5 heteroatoms. The Hall–Kier alpha value is -0.490. The maximum Gasteiger partial charge on any atom is 0.140 e. The summed E-state index contributed by atoms with van der Waals surface area (Å²) in [4.78, 5) is 4.43. The third-order valence-electron chi connectivity index (χ3n) is 1.96. The van der Waals surface area contributed by atoms with Crippen molar-refractivity contribution in [3.8, 4) is 0 Å². The van der Waals surface area contributed by atoms with Gasteiger partial charge in [0.15, 0.2) is 0 Å². The molecule has 0 radical (unpaired) electrons. The lowest BCUT2D eigenvalue weighted by atomic mass is 10.1. The van der Waals surface area contributed by atoms with Crippen LogP contribution in [0.15, 0.2) is 16.6 Å². The summed E-state index contributed by atoms with van der Waals surface area (Å²) in [6.45, 7) is 0.745. The summed E-state index contributed by atoms with van der Waals surface area (Å²) in [5, 5.41) is 0. The Morgan fingerprint density at radius 3 is 2.80 bits per heavy atom. The maximum absolute atomic E-state index is 13.6. The van der Waals surface area contributed by atoms with Gasteiger partial charge in [0.05, 0.1) is 17.7 Å². The van der Waals surface area contributed by atoms with Crippen LogP contribution in [-0.4, -0.2) is 13.7 Å². The summed E-state index contributed by atoms with van der Waals surface area (Å²) in [6.07, 6.45) is 0.443. The molecule has 0 aliphatic heterocycles. The average Bonchev–Trinajstić information content (AvgIpc) is 2.21. The zero-order valence-corrected chi connectivity index (χ0v) is 10.0. The Balaban J connectivity index is 2.91. The molecule has 3 nitrogen and oxygen atoms in total. The first-order valence-electron chi connectivity index (χ1n) is 4.46. The number of benzene rings is 1. The third kappa shape index (κ3) is 3.53. The van der Waals surface area contributed by atoms with Crippen molar-refractivity contribution in [1.29, 1.82) is 0 Å². The van der Waals surface area contributed by atoms with Crippen LogP contribution in [0.1, 0.15) is 11.1 Å². The Labute approximate surface area is 96.4 Å². The zero-order chi connectivity index (χ0) is 11.3. The van der Waals surface area contributed by atoms with Gasteiger partial charge in [0.1, 0.15) is 5.82 Å². The van der Waals surface area contributed by atoms with Gasteiger partial charge in [0.25, 0.3) is 0 Å². The highest BCUT2D eigenvalue weighted by Gasteiger charge is 2.08. The fourth-order valence-corrected chi connectivity index (χ4v) is 1.86. The Kier molecular flexibility index (Phi) is 5.17. The monoisotopic (exact) mass is 277 g/mol. The Morgan fingerprint density at radius 1 is 1.47 bits per heavy atom. The lowest BCUT2D eigenvalue weighted by Gasteiger charge is -2.08. The van der Waals surface area contributed by atoms with Crippen LogP contribution in [0, 0.1) is 5.82 Å². The van der Waals surface area contributed by atoms with Crippen molar-refractivity contribution in [2.24, 2.45) is 5.90 Å². The Morgan fingerprint density at radius 2 is 2.20 bits per heavy atom. The van der Waals surface area contributed by atoms with E-state index in [9.17, 15) is 4.39 Å². The number of hydrogen-bond acceptors (Lipinski definition) is 3. The van der Waals surface area contributed by atoms with Crippen molar-refractivity contribution in [1.82, 2.24) is 0 Å². The van der Waals surface area contributed by atoms with Crippen LogP contribution in [0.2, 0.25) is 0 Å². The molecular weight excluding hydrogens is 265 g/mol. The minimum absolute atomic E-state index is 0.271. The van der Waals surface area contributed by atoms with Crippen molar-refractivity contribution in [2.75, 3.05) is 13.7 Å². The molecule has 84 valence electrons. The van der Waals surface area contributed by atoms with E-state index in [-0.39, 0.29) is 5.82 Å². The van der Waals surface area contributed by atoms with Gasteiger partial charge in [0, 0.05) is 13.5 Å². The number of nitrogens with two attached hydrogens (primary N) is 1. The van der Waals surface area contributed by atoms with E-state index in [4.69, 9.17) is 10.6 Å². The quantitative estimate of drug-likeness (QED) is 0.839. The molecule has 2 N–H and O–H groups in total. The van der Waals surface area contributed by atoms with Crippen molar-refractivity contribution in [2.45, 2.75) is 13.0 Å². The lowest BCUT2D eigenvalue weighted by molar-refractivity contribution is 0.140. The van der Waals surface area contributed by atoms with Gasteiger partial charge < -0.3 is 9.57 Å². The SMILES string of the molecule is COCc1cc(Br)c(F)c(CCON)c1. The molecule has 0 heterocycles. The number of hydrogen-bond donors (Lipinski definition) is 1. The molecule has 0 amide bonds. The van der Waals surface area contributed by atoms with E-state index >= 15 is 0 Å². The lowest BCUT2D eigenvalue weighted by Crippen LogP contribution is -2.06. The summed E-state index contributed by atoms with van der Waals surface area (Å²) in [5.41, 5.74) is 1.49. The first-order chi connectivity index (χ1) is 7.19. The summed E-state index contributed by atoms with van der Waals surface area (Å²) in [5.74, 6) is 4.63. The fourth-order valence-electron chi connectivity index (χ4n) is 1.31. The second-order valence-corrected chi connectivity index (χ2v) is 3.96. The molecule has 0 aromatic heterocycles. The van der Waals surface area contributed by atoms with E-state index < -0.39 is 0 Å². The van der Waals surface area contributed by atoms with Gasteiger partial charge in [-0.3, -0.25) is 0 Å². The van der Waals surface area contributed by atoms with E-state index in [1.54, 1.807) is 19.2 Å². The molecule has 0 saturated heterocycles. The van der Waals surface area contributed by atoms with Gasteiger partial charge in [-0.05, 0) is 33.1 Å². The highest BCUT2D eigenvalue weighted by molar-refractivity contribution is 9.10. The highest BCUT2D eigenvalue weighted by Crippen LogP contribution is 2.22. The van der Waals surface area contributed by atoms with Gasteiger partial charge in [-0.15, -0.1) is 0 Å². The van der Waals surface area contributed by atoms with Gasteiger partial charge >= 0.3 is 0 Å². The second-order valence-electron chi connectivity index (χ2n) is 3.10. The summed E-state index contributed by atoms with van der Waals surface area (Å²) in [6, 6.07) is 3.45. The molecule has 0 spiro atoms. The largest absolute Gasteiger partial charge is 0.380 e. The normalized spacial score (nSPS) is 10.7. The van der Waals surface area contributed by atoms with Crippen LogP contribution in [0.4, 0.5) is 4.39 Å². The number of methoxy groups -OCH3 is 1. The van der Waals surface area contributed by atoms with Crippen LogP contribution in [0.25, 0.3) is 0 Å². The predicted octanol–water partition coefficient (Wildman–Crippen LogP) is 2.17. The zero-order valence-electron chi connectivity index (χ0n) is 8.43. The fraction of sp³-hybridized carbons (Fsp3) is 0.400. The summed E-state index contributed by atoms with van der Waals surface area (Å²) < 4.78 is 19.0. The van der Waals surface area contributed by atoms with Crippen molar-refractivity contribution >= 4 is 15.9 Å². The molecule has 1 rings (SSSR count). The van der Waals surface area contributed by atoms with Gasteiger partial charge in [-0.25, -0.2) is 10.3 Å². The Bertz CT molecular complexity index is 333. The summed E-state index contributed by atoms with van der Waals surface area (Å²) in [7, 11) is 1.60. The molecule has 15 heavy (non-hydrogen) atoms. The van der Waals surface area contributed by atoms with Crippen molar-refractivity contribution in [3.63, 3.8) is 0 Å². The molecule has 1 aromatic carbocycles. The van der Waals surface area contributed by atoms with Gasteiger partial charge in [-0.2, -0.15) is 0 Å². The van der Waals surface area contributed by atoms with Crippen LogP contribution in [0.3, 0.4) is 0 Å². The first kappa shape index (κ1) is 12.6. The van der Waals surface area contributed by atoms with Crippen molar-refractivity contribution < 1.29 is 14.0 Å². The standard InChI is InChI=1S/C10H13BrFNO2/c1-14-6-7-4-8(2-3-15-13)10(12)9(11)5-7/h4-5H,2-3,6,13H2,1H3. The predicted molar refractivity (Wildman–Crippen MR) is 58.7 cm³/mol. The molecule has 0 saturated carbocycles. The minimum Gasteiger partial charge on any atom is -0.380 e. The molecule has 0 atom stereocenters. The number of rotatable bonds is 5. The van der Waals surface area contributed by atoms with E-state index in [0.29, 0.717) is 29.7 Å². The van der Waals surface area contributed by atoms with E-state index in [1.165, 1.54) is 0 Å². The average molecular weight is 278 g/mol. The topological polar surface area (TPSA) is 44.5 Å². The molecule has 0 fully saturated rings. The molecule has 0 bridgehead atoms. The molecule has 1 aromatic rings. The van der Waals surface area contributed by atoms with Crippen molar-refractivity contribution in [3.05, 3.63) is 33.5 Å². The second kappa shape index (κ2) is 6.17. The van der Waals surface area contributed by atoms with Gasteiger partial charge in [-0.1, -0.05) is 6.07 Å². The van der Waals surface area contributed by atoms with E-state index in [1.807, 2.05) is 0 Å². The summed E-state index contributed by atoms with van der Waals surface area (Å²) >= 11 is 3.16. The highest BCUT2D eigenvalue weighted by atomic mass is 79.9. The van der Waals surface area contributed by atoms with E-state index in [2.05, 4.69) is 20.8 Å². The number of ether oxygens (including phenoxy) is 1. The van der Waals surface area contributed by atoms with Crippen LogP contribution in [0.5, 0.6) is 0 Å². The van der Waals surface area contributed by atoms with Crippen LogP contribution in [-0.2, 0) is 22.6 Å². The van der Waals surface area contributed by atoms with Crippen LogP contribution < -0.4 is 5.90 Å². The van der Waals surface area contributed by atoms with Gasteiger partial charge in [0.2, 0.25) is 0 Å². The minimum atomic E-state index is -0.271. The smallest absolute Gasteiger partial charge is 0.140 e. The third-order valence-corrected chi connectivity index (χ3v) is 2.54. The first-order valence-corrected chi connectivity index (χ1v) is 5.25.